The highest BCUT2D eigenvalue weighted by atomic mass is 16.5. The van der Waals surface area contributed by atoms with Gasteiger partial charge >= 0.3 is 0 Å². The number of rotatable bonds is 3. The predicted molar refractivity (Wildman–Crippen MR) is 62.2 cm³/mol. The summed E-state index contributed by atoms with van der Waals surface area (Å²) in [5, 5.41) is 9.27. The molecule has 1 heterocycles. The second-order valence-electron chi connectivity index (χ2n) is 4.04. The van der Waals surface area contributed by atoms with E-state index in [-0.39, 0.29) is 12.5 Å². The molecule has 0 radical (unpaired) electrons. The molecule has 1 aromatic carbocycles. The lowest BCUT2D eigenvalue weighted by Crippen LogP contribution is -2.03. The molecule has 0 saturated heterocycles. The van der Waals surface area contributed by atoms with Gasteiger partial charge in [0.15, 0.2) is 11.5 Å². The van der Waals surface area contributed by atoms with Gasteiger partial charge in [-0.3, -0.25) is 0 Å². The molecular weight excluding hydrogens is 204 g/mol. The Bertz CT molecular complexity index is 345. The number of aliphatic hydroxyl groups excluding tert-OH is 1. The van der Waals surface area contributed by atoms with Crippen molar-refractivity contribution >= 4 is 0 Å². The van der Waals surface area contributed by atoms with E-state index in [1.54, 1.807) is 0 Å². The smallest absolute Gasteiger partial charge is 0.161 e. The standard InChI is InChI=1S/C13H18O3/c1-2-10(9-14)11-4-5-12-13(8-11)16-7-3-6-15-12/h4-5,8,10,14H,2-3,6-7,9H2,1H3. The van der Waals surface area contributed by atoms with Crippen molar-refractivity contribution in [1.29, 1.82) is 0 Å². The monoisotopic (exact) mass is 222 g/mol. The highest BCUT2D eigenvalue weighted by Gasteiger charge is 2.14. The van der Waals surface area contributed by atoms with Crippen LogP contribution in [0.25, 0.3) is 0 Å². The van der Waals surface area contributed by atoms with Crippen LogP contribution in [-0.4, -0.2) is 24.9 Å². The minimum Gasteiger partial charge on any atom is -0.490 e. The van der Waals surface area contributed by atoms with Crippen LogP contribution in [0.4, 0.5) is 0 Å². The van der Waals surface area contributed by atoms with Crippen LogP contribution in [0.5, 0.6) is 11.5 Å². The van der Waals surface area contributed by atoms with Crippen molar-refractivity contribution in [2.45, 2.75) is 25.7 Å². The Kier molecular flexibility index (Phi) is 3.67. The summed E-state index contributed by atoms with van der Waals surface area (Å²) in [4.78, 5) is 0. The molecule has 3 heteroatoms. The molecule has 16 heavy (non-hydrogen) atoms. The van der Waals surface area contributed by atoms with Crippen LogP contribution in [0.15, 0.2) is 18.2 Å². The number of benzene rings is 1. The average molecular weight is 222 g/mol. The van der Waals surface area contributed by atoms with Crippen LogP contribution in [0.1, 0.15) is 31.2 Å². The van der Waals surface area contributed by atoms with Crippen molar-refractivity contribution in [3.05, 3.63) is 23.8 Å². The van der Waals surface area contributed by atoms with Gasteiger partial charge in [0.1, 0.15) is 0 Å². The number of aliphatic hydroxyl groups is 1. The lowest BCUT2D eigenvalue weighted by Gasteiger charge is -2.14. The normalized spacial score (nSPS) is 16.6. The third kappa shape index (κ3) is 2.30. The zero-order chi connectivity index (χ0) is 11.4. The maximum atomic E-state index is 9.27. The average Bonchev–Trinajstić information content (AvgIpc) is 2.55. The third-order valence-electron chi connectivity index (χ3n) is 2.96. The summed E-state index contributed by atoms with van der Waals surface area (Å²) in [6, 6.07) is 5.94. The summed E-state index contributed by atoms with van der Waals surface area (Å²) in [7, 11) is 0. The molecule has 0 saturated carbocycles. The van der Waals surface area contributed by atoms with Crippen molar-refractivity contribution in [2.24, 2.45) is 0 Å². The quantitative estimate of drug-likeness (QED) is 0.853. The molecule has 0 bridgehead atoms. The SMILES string of the molecule is CCC(CO)c1ccc2c(c1)OCCCO2. The van der Waals surface area contributed by atoms with E-state index in [1.807, 2.05) is 18.2 Å². The Morgan fingerprint density at radius 2 is 2.00 bits per heavy atom. The van der Waals surface area contributed by atoms with Crippen molar-refractivity contribution in [3.8, 4) is 11.5 Å². The molecule has 0 aromatic heterocycles. The minimum absolute atomic E-state index is 0.177. The lowest BCUT2D eigenvalue weighted by molar-refractivity contribution is 0.261. The minimum atomic E-state index is 0.177. The van der Waals surface area contributed by atoms with Crippen LogP contribution in [-0.2, 0) is 0 Å². The largest absolute Gasteiger partial charge is 0.490 e. The van der Waals surface area contributed by atoms with E-state index >= 15 is 0 Å². The zero-order valence-corrected chi connectivity index (χ0v) is 9.61. The van der Waals surface area contributed by atoms with E-state index in [1.165, 1.54) is 0 Å². The summed E-state index contributed by atoms with van der Waals surface area (Å²) in [6.07, 6.45) is 1.84. The molecule has 1 aliphatic rings. The van der Waals surface area contributed by atoms with E-state index in [0.717, 1.165) is 29.9 Å². The van der Waals surface area contributed by atoms with Gasteiger partial charge in [0, 0.05) is 18.9 Å². The molecule has 1 N–H and O–H groups in total. The van der Waals surface area contributed by atoms with Gasteiger partial charge in [0.2, 0.25) is 0 Å². The Labute approximate surface area is 96.0 Å². The van der Waals surface area contributed by atoms with Gasteiger partial charge in [-0.25, -0.2) is 0 Å². The molecule has 0 spiro atoms. The Balaban J connectivity index is 2.26. The summed E-state index contributed by atoms with van der Waals surface area (Å²) < 4.78 is 11.2. The molecule has 2 rings (SSSR count). The third-order valence-corrected chi connectivity index (χ3v) is 2.96. The summed E-state index contributed by atoms with van der Waals surface area (Å²) in [5.74, 6) is 1.81. The number of ether oxygens (including phenoxy) is 2. The van der Waals surface area contributed by atoms with Crippen LogP contribution in [0, 0.1) is 0 Å². The fraction of sp³-hybridized carbons (Fsp3) is 0.538. The lowest BCUT2D eigenvalue weighted by atomic mass is 9.97. The second-order valence-corrected chi connectivity index (χ2v) is 4.04. The first-order chi connectivity index (χ1) is 7.85. The van der Waals surface area contributed by atoms with Crippen molar-refractivity contribution in [1.82, 2.24) is 0 Å². The molecule has 1 aromatic rings. The fourth-order valence-electron chi connectivity index (χ4n) is 1.90. The highest BCUT2D eigenvalue weighted by Crippen LogP contribution is 2.33. The maximum absolute atomic E-state index is 9.27. The van der Waals surface area contributed by atoms with E-state index in [9.17, 15) is 5.11 Å². The van der Waals surface area contributed by atoms with Gasteiger partial charge in [-0.15, -0.1) is 0 Å². The van der Waals surface area contributed by atoms with Crippen molar-refractivity contribution in [3.63, 3.8) is 0 Å². The Morgan fingerprint density at radius 1 is 1.25 bits per heavy atom. The second kappa shape index (κ2) is 5.21. The van der Waals surface area contributed by atoms with Crippen LogP contribution in [0.3, 0.4) is 0 Å². The van der Waals surface area contributed by atoms with E-state index in [4.69, 9.17) is 9.47 Å². The van der Waals surface area contributed by atoms with E-state index in [0.29, 0.717) is 13.2 Å². The van der Waals surface area contributed by atoms with Gasteiger partial charge < -0.3 is 14.6 Å². The van der Waals surface area contributed by atoms with Gasteiger partial charge in [-0.05, 0) is 24.1 Å². The Morgan fingerprint density at radius 3 is 2.69 bits per heavy atom. The van der Waals surface area contributed by atoms with Crippen molar-refractivity contribution in [2.75, 3.05) is 19.8 Å². The fourth-order valence-corrected chi connectivity index (χ4v) is 1.90. The van der Waals surface area contributed by atoms with Gasteiger partial charge in [0.05, 0.1) is 13.2 Å². The van der Waals surface area contributed by atoms with Gasteiger partial charge in [0.25, 0.3) is 0 Å². The molecule has 1 aliphatic heterocycles. The van der Waals surface area contributed by atoms with Gasteiger partial charge in [-0.2, -0.15) is 0 Å². The number of fused-ring (bicyclic) bond motifs is 1. The number of hydrogen-bond acceptors (Lipinski definition) is 3. The van der Waals surface area contributed by atoms with Crippen LogP contribution in [0.2, 0.25) is 0 Å². The first kappa shape index (κ1) is 11.3. The zero-order valence-electron chi connectivity index (χ0n) is 9.61. The summed E-state index contributed by atoms with van der Waals surface area (Å²) in [5.41, 5.74) is 1.12. The first-order valence-corrected chi connectivity index (χ1v) is 5.85. The maximum Gasteiger partial charge on any atom is 0.161 e. The summed E-state index contributed by atoms with van der Waals surface area (Å²) in [6.45, 7) is 3.66. The van der Waals surface area contributed by atoms with Crippen LogP contribution < -0.4 is 9.47 Å². The topological polar surface area (TPSA) is 38.7 Å². The molecule has 3 nitrogen and oxygen atoms in total. The highest BCUT2D eigenvalue weighted by molar-refractivity contribution is 5.44. The molecule has 1 atom stereocenters. The molecular formula is C13H18O3. The Hall–Kier alpha value is -1.22. The molecule has 1 unspecified atom stereocenters. The molecule has 0 amide bonds. The number of hydrogen-bond donors (Lipinski definition) is 1. The molecule has 0 aliphatic carbocycles. The predicted octanol–water partition coefficient (Wildman–Crippen LogP) is 2.33. The van der Waals surface area contributed by atoms with Crippen molar-refractivity contribution < 1.29 is 14.6 Å². The molecule has 88 valence electrons. The molecule has 0 fully saturated rings. The first-order valence-electron chi connectivity index (χ1n) is 5.85. The van der Waals surface area contributed by atoms with Crippen LogP contribution >= 0.6 is 0 Å². The summed E-state index contributed by atoms with van der Waals surface area (Å²) >= 11 is 0. The van der Waals surface area contributed by atoms with E-state index < -0.39 is 0 Å². The van der Waals surface area contributed by atoms with Gasteiger partial charge in [-0.1, -0.05) is 13.0 Å². The van der Waals surface area contributed by atoms with E-state index in [2.05, 4.69) is 6.92 Å².